The zero-order chi connectivity index (χ0) is 17.4. The molecule has 126 valence electrons. The first kappa shape index (κ1) is 17.5. The predicted octanol–water partition coefficient (Wildman–Crippen LogP) is 1.34. The maximum atomic E-state index is 11.3. The van der Waals surface area contributed by atoms with Crippen LogP contribution in [0.1, 0.15) is 11.1 Å². The molecular formula is C18H20N2O4. The Morgan fingerprint density at radius 1 is 1.04 bits per heavy atom. The number of amides is 1. The minimum atomic E-state index is -1.10. The molecule has 0 bridgehead atoms. The molecule has 0 aliphatic heterocycles. The molecule has 0 spiro atoms. The van der Waals surface area contributed by atoms with Gasteiger partial charge in [0.25, 0.3) is 0 Å². The van der Waals surface area contributed by atoms with Gasteiger partial charge in [-0.15, -0.1) is 0 Å². The molecule has 0 aliphatic rings. The molecule has 2 aromatic rings. The first-order valence-electron chi connectivity index (χ1n) is 7.56. The number of carbonyl (C=O) groups excluding carboxylic acids is 1. The number of hydrogen-bond donors (Lipinski definition) is 3. The normalized spacial score (nSPS) is 11.5. The van der Waals surface area contributed by atoms with Crippen molar-refractivity contribution < 1.29 is 19.4 Å². The van der Waals surface area contributed by atoms with Crippen molar-refractivity contribution in [2.75, 3.05) is 6.54 Å². The van der Waals surface area contributed by atoms with E-state index in [1.807, 2.05) is 30.3 Å². The number of carbonyl (C=O) groups is 2. The monoisotopic (exact) mass is 328 g/mol. The molecule has 2 rings (SSSR count). The van der Waals surface area contributed by atoms with E-state index < -0.39 is 17.9 Å². The summed E-state index contributed by atoms with van der Waals surface area (Å²) in [5, 5.41) is 11.5. The SMILES string of the molecule is NCC(=O)NC(Cc1ccc(OCc2ccccc2)cc1)C(=O)O. The van der Waals surface area contributed by atoms with Crippen molar-refractivity contribution in [1.29, 1.82) is 0 Å². The van der Waals surface area contributed by atoms with E-state index in [1.165, 1.54) is 0 Å². The highest BCUT2D eigenvalue weighted by Gasteiger charge is 2.19. The third kappa shape index (κ3) is 5.40. The van der Waals surface area contributed by atoms with Crippen molar-refractivity contribution >= 4 is 11.9 Å². The predicted molar refractivity (Wildman–Crippen MR) is 89.5 cm³/mol. The fraction of sp³-hybridized carbons (Fsp3) is 0.222. The van der Waals surface area contributed by atoms with E-state index in [2.05, 4.69) is 5.32 Å². The molecule has 6 heteroatoms. The summed E-state index contributed by atoms with van der Waals surface area (Å²) in [4.78, 5) is 22.5. The highest BCUT2D eigenvalue weighted by atomic mass is 16.5. The summed E-state index contributed by atoms with van der Waals surface area (Å²) in [6.07, 6.45) is 0.181. The number of ether oxygens (including phenoxy) is 1. The number of carboxylic acids is 1. The van der Waals surface area contributed by atoms with Gasteiger partial charge in [0.05, 0.1) is 6.54 Å². The molecule has 24 heavy (non-hydrogen) atoms. The van der Waals surface area contributed by atoms with Crippen LogP contribution in [0, 0.1) is 0 Å². The maximum absolute atomic E-state index is 11.3. The van der Waals surface area contributed by atoms with Gasteiger partial charge in [0.2, 0.25) is 5.91 Å². The molecule has 6 nitrogen and oxygen atoms in total. The summed E-state index contributed by atoms with van der Waals surface area (Å²) < 4.78 is 5.68. The van der Waals surface area contributed by atoms with Crippen LogP contribution in [0.3, 0.4) is 0 Å². The molecule has 4 N–H and O–H groups in total. The second kappa shape index (κ2) is 8.69. The van der Waals surface area contributed by atoms with E-state index in [9.17, 15) is 9.59 Å². The Labute approximate surface area is 140 Å². The topological polar surface area (TPSA) is 102 Å². The van der Waals surface area contributed by atoms with Gasteiger partial charge < -0.3 is 20.9 Å². The summed E-state index contributed by atoms with van der Waals surface area (Å²) in [7, 11) is 0. The number of rotatable bonds is 8. The summed E-state index contributed by atoms with van der Waals surface area (Å²) >= 11 is 0. The Hall–Kier alpha value is -2.86. The van der Waals surface area contributed by atoms with Crippen LogP contribution < -0.4 is 15.8 Å². The first-order valence-corrected chi connectivity index (χ1v) is 7.56. The van der Waals surface area contributed by atoms with Crippen LogP contribution in [0.2, 0.25) is 0 Å². The van der Waals surface area contributed by atoms with Gasteiger partial charge in [0.1, 0.15) is 18.4 Å². The molecule has 0 saturated heterocycles. The first-order chi connectivity index (χ1) is 11.6. The van der Waals surface area contributed by atoms with Crippen molar-refractivity contribution in [2.24, 2.45) is 5.73 Å². The van der Waals surface area contributed by atoms with Gasteiger partial charge in [-0.2, -0.15) is 0 Å². The molecule has 0 heterocycles. The lowest BCUT2D eigenvalue weighted by atomic mass is 10.1. The number of carboxylic acid groups (broad SMARTS) is 1. The lowest BCUT2D eigenvalue weighted by Crippen LogP contribution is -2.44. The van der Waals surface area contributed by atoms with Crippen LogP contribution in [0.25, 0.3) is 0 Å². The number of nitrogens with one attached hydrogen (secondary N) is 1. The van der Waals surface area contributed by atoms with Gasteiger partial charge in [-0.05, 0) is 23.3 Å². The van der Waals surface area contributed by atoms with Crippen molar-refractivity contribution in [1.82, 2.24) is 5.32 Å². The summed E-state index contributed by atoms with van der Waals surface area (Å²) in [5.41, 5.74) is 7.04. The minimum Gasteiger partial charge on any atom is -0.489 e. The summed E-state index contributed by atoms with van der Waals surface area (Å²) in [6, 6.07) is 15.9. The average molecular weight is 328 g/mol. The van der Waals surface area contributed by atoms with Crippen LogP contribution >= 0.6 is 0 Å². The number of benzene rings is 2. The van der Waals surface area contributed by atoms with Crippen LogP contribution in [0.15, 0.2) is 54.6 Å². The largest absolute Gasteiger partial charge is 0.489 e. The minimum absolute atomic E-state index is 0.181. The van der Waals surface area contributed by atoms with Crippen LogP contribution in [0.5, 0.6) is 5.75 Å². The molecule has 0 aromatic heterocycles. The standard InChI is InChI=1S/C18H20N2O4/c19-11-17(21)20-16(18(22)23)10-13-6-8-15(9-7-13)24-12-14-4-2-1-3-5-14/h1-9,16H,10-12,19H2,(H,20,21)(H,22,23). The molecule has 0 saturated carbocycles. The third-order valence-corrected chi connectivity index (χ3v) is 3.43. The summed E-state index contributed by atoms with van der Waals surface area (Å²) in [5.74, 6) is -0.896. The highest BCUT2D eigenvalue weighted by Crippen LogP contribution is 2.15. The fourth-order valence-corrected chi connectivity index (χ4v) is 2.15. The Kier molecular flexibility index (Phi) is 6.33. The number of nitrogens with two attached hydrogens (primary N) is 1. The fourth-order valence-electron chi connectivity index (χ4n) is 2.15. The molecular weight excluding hydrogens is 308 g/mol. The molecule has 0 radical (unpaired) electrons. The van der Waals surface area contributed by atoms with Gasteiger partial charge in [-0.1, -0.05) is 42.5 Å². The Balaban J connectivity index is 1.92. The van der Waals surface area contributed by atoms with Crippen LogP contribution in [-0.2, 0) is 22.6 Å². The van der Waals surface area contributed by atoms with E-state index >= 15 is 0 Å². The van der Waals surface area contributed by atoms with Gasteiger partial charge in [-0.25, -0.2) is 4.79 Å². The number of hydrogen-bond acceptors (Lipinski definition) is 4. The maximum Gasteiger partial charge on any atom is 0.326 e. The van der Waals surface area contributed by atoms with Crippen LogP contribution in [0.4, 0.5) is 0 Å². The average Bonchev–Trinajstić information content (AvgIpc) is 2.61. The Morgan fingerprint density at radius 3 is 2.29 bits per heavy atom. The van der Waals surface area contributed by atoms with E-state index in [4.69, 9.17) is 15.6 Å². The van der Waals surface area contributed by atoms with Crippen molar-refractivity contribution in [2.45, 2.75) is 19.1 Å². The second-order valence-electron chi connectivity index (χ2n) is 5.28. The van der Waals surface area contributed by atoms with Gasteiger partial charge in [0, 0.05) is 6.42 Å². The summed E-state index contributed by atoms with van der Waals surface area (Å²) in [6.45, 7) is 0.223. The lowest BCUT2D eigenvalue weighted by Gasteiger charge is -2.14. The third-order valence-electron chi connectivity index (χ3n) is 3.43. The van der Waals surface area contributed by atoms with E-state index in [0.717, 1.165) is 11.1 Å². The Bertz CT molecular complexity index is 671. The molecule has 0 aliphatic carbocycles. The van der Waals surface area contributed by atoms with E-state index in [-0.39, 0.29) is 13.0 Å². The van der Waals surface area contributed by atoms with E-state index in [1.54, 1.807) is 24.3 Å². The lowest BCUT2D eigenvalue weighted by molar-refractivity contribution is -0.141. The van der Waals surface area contributed by atoms with Crippen molar-refractivity contribution in [3.8, 4) is 5.75 Å². The molecule has 1 amide bonds. The smallest absolute Gasteiger partial charge is 0.326 e. The molecule has 2 aromatic carbocycles. The van der Waals surface area contributed by atoms with Gasteiger partial charge in [-0.3, -0.25) is 4.79 Å². The van der Waals surface area contributed by atoms with Gasteiger partial charge >= 0.3 is 5.97 Å². The molecule has 1 atom stereocenters. The van der Waals surface area contributed by atoms with Gasteiger partial charge in [0.15, 0.2) is 0 Å². The van der Waals surface area contributed by atoms with E-state index in [0.29, 0.717) is 12.4 Å². The van der Waals surface area contributed by atoms with Crippen LogP contribution in [-0.4, -0.2) is 29.6 Å². The van der Waals surface area contributed by atoms with Crippen molar-refractivity contribution in [3.05, 3.63) is 65.7 Å². The quantitative estimate of drug-likeness (QED) is 0.679. The Morgan fingerprint density at radius 2 is 1.71 bits per heavy atom. The van der Waals surface area contributed by atoms with Crippen molar-refractivity contribution in [3.63, 3.8) is 0 Å². The molecule has 1 unspecified atom stereocenters. The second-order valence-corrected chi connectivity index (χ2v) is 5.28. The zero-order valence-corrected chi connectivity index (χ0v) is 13.1. The number of aliphatic carboxylic acids is 1. The molecule has 0 fully saturated rings. The highest BCUT2D eigenvalue weighted by molar-refractivity contribution is 5.84. The zero-order valence-electron chi connectivity index (χ0n) is 13.1.